The van der Waals surface area contributed by atoms with E-state index in [0.29, 0.717) is 5.92 Å². The van der Waals surface area contributed by atoms with Gasteiger partial charge in [-0.15, -0.1) is 0 Å². The maximum Gasteiger partial charge on any atom is 0.141 e. The zero-order chi connectivity index (χ0) is 14.4. The predicted molar refractivity (Wildman–Crippen MR) is 75.8 cm³/mol. The van der Waals surface area contributed by atoms with Crippen LogP contribution in [0.2, 0.25) is 0 Å². The van der Waals surface area contributed by atoms with Crippen molar-refractivity contribution < 1.29 is 14.6 Å². The van der Waals surface area contributed by atoms with Gasteiger partial charge in [-0.05, 0) is 52.0 Å². The summed E-state index contributed by atoms with van der Waals surface area (Å²) in [5.74, 6) is 1.39. The van der Waals surface area contributed by atoms with Crippen LogP contribution in [0.3, 0.4) is 0 Å². The van der Waals surface area contributed by atoms with E-state index in [1.165, 1.54) is 5.57 Å². The molecule has 1 N–H and O–H groups in total. The molecule has 110 valence electrons. The van der Waals surface area contributed by atoms with Gasteiger partial charge in [0.05, 0.1) is 18.3 Å². The highest BCUT2D eigenvalue weighted by molar-refractivity contribution is 5.36. The smallest absolute Gasteiger partial charge is 0.141 e. The normalized spacial score (nSPS) is 38.5. The molecule has 3 heteroatoms. The highest BCUT2D eigenvalue weighted by Crippen LogP contribution is 2.57. The van der Waals surface area contributed by atoms with Gasteiger partial charge in [-0.25, -0.2) is 0 Å². The number of ether oxygens (including phenoxy) is 2. The molecule has 0 aromatic carbocycles. The third-order valence-corrected chi connectivity index (χ3v) is 4.45. The van der Waals surface area contributed by atoms with Gasteiger partial charge in [0.1, 0.15) is 11.9 Å². The maximum absolute atomic E-state index is 10.7. The molecule has 0 heterocycles. The van der Waals surface area contributed by atoms with Crippen LogP contribution in [0, 0.1) is 11.3 Å². The summed E-state index contributed by atoms with van der Waals surface area (Å²) >= 11 is 0. The number of hydrogen-bond acceptors (Lipinski definition) is 3. The van der Waals surface area contributed by atoms with Crippen LogP contribution in [-0.2, 0) is 9.47 Å². The van der Waals surface area contributed by atoms with Gasteiger partial charge in [-0.3, -0.25) is 0 Å². The molecule has 0 unspecified atom stereocenters. The number of fused-ring (bicyclic) bond motifs is 1. The number of aliphatic hydroxyl groups excluding tert-OH is 1. The van der Waals surface area contributed by atoms with E-state index >= 15 is 0 Å². The Balaban J connectivity index is 2.39. The molecule has 0 amide bonds. The molecule has 0 radical (unpaired) electrons. The van der Waals surface area contributed by atoms with Crippen molar-refractivity contribution in [1.29, 1.82) is 0 Å². The van der Waals surface area contributed by atoms with Gasteiger partial charge < -0.3 is 14.6 Å². The molecule has 1 saturated carbocycles. The maximum atomic E-state index is 10.7. The molecule has 0 bridgehead atoms. The third-order valence-electron chi connectivity index (χ3n) is 4.45. The van der Waals surface area contributed by atoms with E-state index in [9.17, 15) is 5.11 Å². The summed E-state index contributed by atoms with van der Waals surface area (Å²) in [4.78, 5) is 0. The Hall–Kier alpha value is -0.540. The van der Waals surface area contributed by atoms with Crippen molar-refractivity contribution in [2.45, 2.75) is 78.8 Å². The van der Waals surface area contributed by atoms with Gasteiger partial charge in [0, 0.05) is 5.41 Å². The Morgan fingerprint density at radius 3 is 2.37 bits per heavy atom. The first kappa shape index (κ1) is 14.9. The van der Waals surface area contributed by atoms with Crippen molar-refractivity contribution in [3.05, 3.63) is 11.3 Å². The number of rotatable bonds is 4. The fraction of sp³-hybridized carbons (Fsp3) is 0.875. The van der Waals surface area contributed by atoms with Crippen molar-refractivity contribution >= 4 is 0 Å². The first-order valence-corrected chi connectivity index (χ1v) is 7.52. The van der Waals surface area contributed by atoms with E-state index < -0.39 is 6.10 Å². The van der Waals surface area contributed by atoms with Gasteiger partial charge >= 0.3 is 0 Å². The fourth-order valence-corrected chi connectivity index (χ4v) is 3.63. The summed E-state index contributed by atoms with van der Waals surface area (Å²) in [6.07, 6.45) is 1.57. The Bertz CT molecular complexity index is 372. The molecule has 0 aromatic rings. The lowest BCUT2D eigenvalue weighted by Crippen LogP contribution is -2.38. The monoisotopic (exact) mass is 268 g/mol. The number of aliphatic hydroxyl groups is 1. The molecule has 0 spiro atoms. The van der Waals surface area contributed by atoms with Crippen LogP contribution in [0.4, 0.5) is 0 Å². The molecular formula is C16H28O3. The van der Waals surface area contributed by atoms with E-state index in [0.717, 1.165) is 18.6 Å². The van der Waals surface area contributed by atoms with Crippen molar-refractivity contribution in [2.24, 2.45) is 11.3 Å². The second-order valence-corrected chi connectivity index (χ2v) is 6.85. The summed E-state index contributed by atoms with van der Waals surface area (Å²) in [6, 6.07) is 0. The lowest BCUT2D eigenvalue weighted by Gasteiger charge is -2.29. The average Bonchev–Trinajstić information content (AvgIpc) is 2.68. The Morgan fingerprint density at radius 2 is 1.84 bits per heavy atom. The SMILES string of the molecule is CC(C)OC1=C2[C@@H](C)CC[C@@]2(C)[C@@H](O)[C@@H]1OC(C)C. The van der Waals surface area contributed by atoms with E-state index in [2.05, 4.69) is 13.8 Å². The van der Waals surface area contributed by atoms with Gasteiger partial charge in [-0.1, -0.05) is 13.8 Å². The third kappa shape index (κ3) is 2.43. The van der Waals surface area contributed by atoms with Crippen LogP contribution in [0.25, 0.3) is 0 Å². The van der Waals surface area contributed by atoms with Gasteiger partial charge in [0.25, 0.3) is 0 Å². The van der Waals surface area contributed by atoms with Crippen molar-refractivity contribution in [2.75, 3.05) is 0 Å². The quantitative estimate of drug-likeness (QED) is 0.850. The largest absolute Gasteiger partial charge is 0.492 e. The standard InChI is InChI=1S/C16H28O3/c1-9(2)18-13-12-11(5)7-8-16(12,6)15(17)14(13)19-10(3)4/h9-11,14-15,17H,7-8H2,1-6H3/t11-,14+,15-,16+/m0/s1. The van der Waals surface area contributed by atoms with E-state index in [-0.39, 0.29) is 23.7 Å². The summed E-state index contributed by atoms with van der Waals surface area (Å²) in [5, 5.41) is 10.7. The average molecular weight is 268 g/mol. The molecule has 0 saturated heterocycles. The molecule has 2 aliphatic rings. The fourth-order valence-electron chi connectivity index (χ4n) is 3.63. The molecule has 0 aromatic heterocycles. The summed E-state index contributed by atoms with van der Waals surface area (Å²) in [7, 11) is 0. The number of hydrogen-bond donors (Lipinski definition) is 1. The van der Waals surface area contributed by atoms with Gasteiger partial charge in [0.2, 0.25) is 0 Å². The second-order valence-electron chi connectivity index (χ2n) is 6.85. The summed E-state index contributed by atoms with van der Waals surface area (Å²) < 4.78 is 12.0. The van der Waals surface area contributed by atoms with Crippen LogP contribution in [-0.4, -0.2) is 29.5 Å². The van der Waals surface area contributed by atoms with Crippen LogP contribution in [0.1, 0.15) is 54.4 Å². The first-order valence-electron chi connectivity index (χ1n) is 7.52. The lowest BCUT2D eigenvalue weighted by molar-refractivity contribution is -0.0889. The van der Waals surface area contributed by atoms with Crippen molar-refractivity contribution in [3.63, 3.8) is 0 Å². The highest BCUT2D eigenvalue weighted by Gasteiger charge is 2.56. The Labute approximate surface area is 117 Å². The topological polar surface area (TPSA) is 38.7 Å². The van der Waals surface area contributed by atoms with Crippen LogP contribution in [0.15, 0.2) is 11.3 Å². The molecule has 19 heavy (non-hydrogen) atoms. The van der Waals surface area contributed by atoms with Crippen LogP contribution >= 0.6 is 0 Å². The second kappa shape index (κ2) is 5.10. The minimum Gasteiger partial charge on any atom is -0.492 e. The zero-order valence-electron chi connectivity index (χ0n) is 13.1. The van der Waals surface area contributed by atoms with Crippen molar-refractivity contribution in [1.82, 2.24) is 0 Å². The molecule has 2 rings (SSSR count). The Kier molecular flexibility index (Phi) is 3.99. The summed E-state index contributed by atoms with van der Waals surface area (Å²) in [5.41, 5.74) is 1.13. The van der Waals surface area contributed by atoms with E-state index in [4.69, 9.17) is 9.47 Å². The van der Waals surface area contributed by atoms with E-state index in [1.807, 2.05) is 27.7 Å². The van der Waals surface area contributed by atoms with E-state index in [1.54, 1.807) is 0 Å². The molecule has 2 aliphatic carbocycles. The van der Waals surface area contributed by atoms with Crippen LogP contribution < -0.4 is 0 Å². The highest BCUT2D eigenvalue weighted by atomic mass is 16.6. The Morgan fingerprint density at radius 1 is 1.21 bits per heavy atom. The lowest BCUT2D eigenvalue weighted by atomic mass is 9.82. The molecule has 0 aliphatic heterocycles. The van der Waals surface area contributed by atoms with Gasteiger partial charge in [0.15, 0.2) is 0 Å². The predicted octanol–water partition coefficient (Wildman–Crippen LogP) is 3.27. The molecule has 3 nitrogen and oxygen atoms in total. The molecular weight excluding hydrogens is 240 g/mol. The first-order chi connectivity index (χ1) is 8.77. The summed E-state index contributed by atoms with van der Waals surface area (Å²) in [6.45, 7) is 12.5. The zero-order valence-corrected chi connectivity index (χ0v) is 13.1. The molecule has 4 atom stereocenters. The minimum absolute atomic E-state index is 0.0868. The van der Waals surface area contributed by atoms with Crippen molar-refractivity contribution in [3.8, 4) is 0 Å². The van der Waals surface area contributed by atoms with Crippen LogP contribution in [0.5, 0.6) is 0 Å². The van der Waals surface area contributed by atoms with Gasteiger partial charge in [-0.2, -0.15) is 0 Å². The molecule has 1 fully saturated rings. The minimum atomic E-state index is -0.483.